The van der Waals surface area contributed by atoms with E-state index in [0.717, 1.165) is 12.1 Å². The Bertz CT molecular complexity index is 889. The van der Waals surface area contributed by atoms with Crippen molar-refractivity contribution in [2.45, 2.75) is 13.5 Å². The van der Waals surface area contributed by atoms with Crippen molar-refractivity contribution < 1.29 is 14.3 Å². The van der Waals surface area contributed by atoms with Crippen molar-refractivity contribution in [2.24, 2.45) is 0 Å². The summed E-state index contributed by atoms with van der Waals surface area (Å²) in [6.45, 7) is 2.72. The van der Waals surface area contributed by atoms with E-state index in [1.807, 2.05) is 13.0 Å². The lowest BCUT2D eigenvalue weighted by Gasteiger charge is -2.11. The number of methoxy groups -OCH3 is 2. The predicted octanol–water partition coefficient (Wildman–Crippen LogP) is 2.72. The molecule has 1 heterocycles. The number of hydrogen-bond donors (Lipinski definition) is 1. The van der Waals surface area contributed by atoms with E-state index in [1.165, 1.54) is 0 Å². The van der Waals surface area contributed by atoms with Crippen molar-refractivity contribution in [2.75, 3.05) is 19.5 Å². The van der Waals surface area contributed by atoms with Gasteiger partial charge in [-0.25, -0.2) is 4.68 Å². The van der Waals surface area contributed by atoms with E-state index in [1.54, 1.807) is 49.2 Å². The molecule has 0 radical (unpaired) electrons. The SMILES string of the molecule is CCn1nnc2cc(C(=O)Nc3ccc(OC)cc3OC)ccc21. The van der Waals surface area contributed by atoms with Crippen molar-refractivity contribution in [1.82, 2.24) is 15.0 Å². The Labute approximate surface area is 139 Å². The van der Waals surface area contributed by atoms with Crippen molar-refractivity contribution in [3.8, 4) is 11.5 Å². The highest BCUT2D eigenvalue weighted by molar-refractivity contribution is 6.06. The average Bonchev–Trinajstić information content (AvgIpc) is 3.04. The van der Waals surface area contributed by atoms with Crippen LogP contribution in [0.2, 0.25) is 0 Å². The zero-order valence-electron chi connectivity index (χ0n) is 13.7. The van der Waals surface area contributed by atoms with Crippen LogP contribution in [0.4, 0.5) is 5.69 Å². The van der Waals surface area contributed by atoms with E-state index in [2.05, 4.69) is 15.6 Å². The number of carbonyl (C=O) groups excluding carboxylic acids is 1. The van der Waals surface area contributed by atoms with E-state index in [9.17, 15) is 4.79 Å². The molecule has 0 fully saturated rings. The van der Waals surface area contributed by atoms with E-state index in [4.69, 9.17) is 9.47 Å². The molecular weight excluding hydrogens is 308 g/mol. The summed E-state index contributed by atoms with van der Waals surface area (Å²) in [6.07, 6.45) is 0. The molecule has 0 saturated carbocycles. The normalized spacial score (nSPS) is 10.6. The highest BCUT2D eigenvalue weighted by Crippen LogP contribution is 2.29. The molecule has 0 aliphatic heterocycles. The molecule has 0 bridgehead atoms. The molecule has 0 unspecified atom stereocenters. The number of nitrogens with one attached hydrogen (secondary N) is 1. The zero-order valence-corrected chi connectivity index (χ0v) is 13.7. The summed E-state index contributed by atoms with van der Waals surface area (Å²) < 4.78 is 12.2. The van der Waals surface area contributed by atoms with Gasteiger partial charge in [0.25, 0.3) is 5.91 Å². The van der Waals surface area contributed by atoms with E-state index >= 15 is 0 Å². The monoisotopic (exact) mass is 326 g/mol. The minimum Gasteiger partial charge on any atom is -0.497 e. The molecule has 0 spiro atoms. The fourth-order valence-electron chi connectivity index (χ4n) is 2.44. The lowest BCUT2D eigenvalue weighted by Crippen LogP contribution is -2.12. The number of aryl methyl sites for hydroxylation is 1. The molecule has 1 N–H and O–H groups in total. The minimum absolute atomic E-state index is 0.244. The number of anilines is 1. The Morgan fingerprint density at radius 1 is 1.17 bits per heavy atom. The van der Waals surface area contributed by atoms with E-state index < -0.39 is 0 Å². The van der Waals surface area contributed by atoms with Gasteiger partial charge in [-0.15, -0.1) is 5.10 Å². The number of ether oxygens (including phenoxy) is 2. The molecule has 0 aliphatic rings. The summed E-state index contributed by atoms with van der Waals surface area (Å²) in [4.78, 5) is 12.5. The number of hydrogen-bond acceptors (Lipinski definition) is 5. The highest BCUT2D eigenvalue weighted by atomic mass is 16.5. The van der Waals surface area contributed by atoms with Crippen LogP contribution in [0.25, 0.3) is 11.0 Å². The second kappa shape index (κ2) is 6.57. The standard InChI is InChI=1S/C17H18N4O3/c1-4-21-15-8-5-11(9-14(15)19-20-21)17(22)18-13-7-6-12(23-2)10-16(13)24-3/h5-10H,4H2,1-3H3,(H,18,22). The van der Waals surface area contributed by atoms with Gasteiger partial charge in [0, 0.05) is 18.2 Å². The van der Waals surface area contributed by atoms with Gasteiger partial charge < -0.3 is 14.8 Å². The van der Waals surface area contributed by atoms with Gasteiger partial charge in [-0.3, -0.25) is 4.79 Å². The molecule has 3 aromatic rings. The van der Waals surface area contributed by atoms with Crippen LogP contribution in [0.5, 0.6) is 11.5 Å². The van der Waals surface area contributed by atoms with Crippen molar-refractivity contribution >= 4 is 22.6 Å². The molecule has 7 nitrogen and oxygen atoms in total. The molecule has 3 rings (SSSR count). The quantitative estimate of drug-likeness (QED) is 0.780. The molecule has 1 aromatic heterocycles. The molecule has 0 saturated heterocycles. The molecule has 0 aliphatic carbocycles. The van der Waals surface area contributed by atoms with Gasteiger partial charge in [0.1, 0.15) is 17.0 Å². The van der Waals surface area contributed by atoms with Crippen molar-refractivity contribution in [3.63, 3.8) is 0 Å². The molecule has 0 atom stereocenters. The lowest BCUT2D eigenvalue weighted by molar-refractivity contribution is 0.102. The van der Waals surface area contributed by atoms with Crippen molar-refractivity contribution in [1.29, 1.82) is 0 Å². The first-order valence-corrected chi connectivity index (χ1v) is 7.53. The number of nitrogens with zero attached hydrogens (tertiary/aromatic N) is 3. The number of aromatic nitrogens is 3. The average molecular weight is 326 g/mol. The predicted molar refractivity (Wildman–Crippen MR) is 90.7 cm³/mol. The number of rotatable bonds is 5. The van der Waals surface area contributed by atoms with E-state index in [0.29, 0.717) is 28.3 Å². The molecule has 1 amide bonds. The zero-order chi connectivity index (χ0) is 17.1. The van der Waals surface area contributed by atoms with Gasteiger partial charge in [0.2, 0.25) is 0 Å². The van der Waals surface area contributed by atoms with Crippen LogP contribution in [-0.2, 0) is 6.54 Å². The smallest absolute Gasteiger partial charge is 0.255 e. The highest BCUT2D eigenvalue weighted by Gasteiger charge is 2.13. The Morgan fingerprint density at radius 2 is 2.00 bits per heavy atom. The summed E-state index contributed by atoms with van der Waals surface area (Å²) >= 11 is 0. The van der Waals surface area contributed by atoms with Gasteiger partial charge >= 0.3 is 0 Å². The number of benzene rings is 2. The van der Waals surface area contributed by atoms with Gasteiger partial charge in [-0.1, -0.05) is 5.21 Å². The van der Waals surface area contributed by atoms with Gasteiger partial charge in [-0.2, -0.15) is 0 Å². The third-order valence-electron chi connectivity index (χ3n) is 3.73. The Morgan fingerprint density at radius 3 is 2.71 bits per heavy atom. The summed E-state index contributed by atoms with van der Waals surface area (Å²) in [5.41, 5.74) is 2.66. The number of amides is 1. The summed E-state index contributed by atoms with van der Waals surface area (Å²) in [6, 6.07) is 10.5. The first-order valence-electron chi connectivity index (χ1n) is 7.53. The van der Waals surface area contributed by atoms with Crippen LogP contribution in [0.1, 0.15) is 17.3 Å². The Balaban J connectivity index is 1.87. The van der Waals surface area contributed by atoms with Crippen LogP contribution >= 0.6 is 0 Å². The lowest BCUT2D eigenvalue weighted by atomic mass is 10.1. The Hall–Kier alpha value is -3.09. The third kappa shape index (κ3) is 2.88. The minimum atomic E-state index is -0.244. The maximum atomic E-state index is 12.5. The van der Waals surface area contributed by atoms with Crippen LogP contribution in [0.3, 0.4) is 0 Å². The maximum Gasteiger partial charge on any atom is 0.255 e. The van der Waals surface area contributed by atoms with Gasteiger partial charge in [-0.05, 0) is 37.3 Å². The summed E-state index contributed by atoms with van der Waals surface area (Å²) in [5, 5.41) is 11.0. The largest absolute Gasteiger partial charge is 0.497 e. The third-order valence-corrected chi connectivity index (χ3v) is 3.73. The summed E-state index contributed by atoms with van der Waals surface area (Å²) in [5.74, 6) is 0.939. The molecule has 24 heavy (non-hydrogen) atoms. The second-order valence-electron chi connectivity index (χ2n) is 5.13. The first-order chi connectivity index (χ1) is 11.7. The van der Waals surface area contributed by atoms with Crippen LogP contribution in [0.15, 0.2) is 36.4 Å². The second-order valence-corrected chi connectivity index (χ2v) is 5.13. The van der Waals surface area contributed by atoms with E-state index in [-0.39, 0.29) is 5.91 Å². The molecular formula is C17H18N4O3. The molecule has 2 aromatic carbocycles. The van der Waals surface area contributed by atoms with Crippen molar-refractivity contribution in [3.05, 3.63) is 42.0 Å². The topological polar surface area (TPSA) is 78.3 Å². The fourth-order valence-corrected chi connectivity index (χ4v) is 2.44. The van der Waals surface area contributed by atoms with Crippen LogP contribution in [-0.4, -0.2) is 35.1 Å². The summed E-state index contributed by atoms with van der Waals surface area (Å²) in [7, 11) is 3.12. The number of carbonyl (C=O) groups is 1. The Kier molecular flexibility index (Phi) is 4.33. The molecule has 124 valence electrons. The van der Waals surface area contributed by atoms with Gasteiger partial charge in [0.05, 0.1) is 25.4 Å². The number of fused-ring (bicyclic) bond motifs is 1. The first kappa shape index (κ1) is 15.8. The fraction of sp³-hybridized carbons (Fsp3) is 0.235. The van der Waals surface area contributed by atoms with Crippen LogP contribution in [0, 0.1) is 0 Å². The maximum absolute atomic E-state index is 12.5. The molecule has 7 heteroatoms. The van der Waals surface area contributed by atoms with Gasteiger partial charge in [0.15, 0.2) is 0 Å². The van der Waals surface area contributed by atoms with Crippen LogP contribution < -0.4 is 14.8 Å².